The lowest BCUT2D eigenvalue weighted by Gasteiger charge is -2.39. The summed E-state index contributed by atoms with van der Waals surface area (Å²) in [7, 11) is 0. The highest BCUT2D eigenvalue weighted by Gasteiger charge is 2.74. The van der Waals surface area contributed by atoms with Crippen LogP contribution in [0.15, 0.2) is 109 Å². The maximum absolute atomic E-state index is 16.3. The molecular weight excluding hydrogens is 1560 g/mol. The summed E-state index contributed by atoms with van der Waals surface area (Å²) < 4.78 is 270. The number of hydrogen-bond acceptors (Lipinski definition) is 13. The second-order valence-electron chi connectivity index (χ2n) is 29.2. The predicted octanol–water partition coefficient (Wildman–Crippen LogP) is 14.8. The average Bonchev–Trinajstić information content (AvgIpc) is 0.904. The van der Waals surface area contributed by atoms with Gasteiger partial charge in [0.2, 0.25) is 17.2 Å². The Bertz CT molecular complexity index is 5010. The van der Waals surface area contributed by atoms with E-state index >= 15 is 65.9 Å². The monoisotopic (exact) mass is 1630 g/mol. The van der Waals surface area contributed by atoms with E-state index in [1.165, 1.54) is 19.2 Å². The van der Waals surface area contributed by atoms with Crippen molar-refractivity contribution in [3.63, 3.8) is 0 Å². The van der Waals surface area contributed by atoms with Crippen molar-refractivity contribution in [2.75, 3.05) is 34.6 Å². The van der Waals surface area contributed by atoms with Crippen molar-refractivity contribution in [3.8, 4) is 28.0 Å². The van der Waals surface area contributed by atoms with Crippen LogP contribution in [-0.4, -0.2) is 128 Å². The van der Waals surface area contributed by atoms with Gasteiger partial charge in [0.05, 0.1) is 40.4 Å². The highest BCUT2D eigenvalue weighted by Crippen LogP contribution is 2.59. The van der Waals surface area contributed by atoms with Crippen molar-refractivity contribution >= 4 is 70.8 Å². The lowest BCUT2D eigenvalue weighted by atomic mass is 9.71. The van der Waals surface area contributed by atoms with E-state index in [0.29, 0.717) is 18.6 Å². The highest BCUT2D eigenvalue weighted by atomic mass is 19.4. The van der Waals surface area contributed by atoms with Gasteiger partial charge in [0.1, 0.15) is 30.3 Å². The lowest BCUT2D eigenvalue weighted by Crippen LogP contribution is -2.55. The van der Waals surface area contributed by atoms with Gasteiger partial charge in [-0.2, -0.15) is 65.9 Å². The third kappa shape index (κ3) is 14.7. The molecule has 0 spiro atoms. The normalized spacial score (nSPS) is 21.2. The fraction of sp³-hybridized carbons (Fsp3) is 0.377. The highest BCUT2D eigenvalue weighted by molar-refractivity contribution is 6.12. The molecule has 0 heterocycles. The van der Waals surface area contributed by atoms with Crippen LogP contribution >= 0.6 is 0 Å². The second kappa shape index (κ2) is 29.6. The first-order valence-corrected chi connectivity index (χ1v) is 34.1. The average molecular weight is 1630 g/mol. The number of fused-ring (bicyclic) bond motifs is 4. The van der Waals surface area contributed by atoms with Crippen LogP contribution in [0.25, 0.3) is 22.3 Å². The van der Waals surface area contributed by atoms with Crippen LogP contribution in [-0.2, 0) is 51.8 Å². The standard InChI is InChI=1S/C77H67F17N4O16/c1-31-18-54(50(70(7,112)73(80,81)82)24-42(31)44-16-33(3)52(26-48(44)68(5,110)28-78)95-63(102)57-35-8-10-37(20-35)59(57)66(106)107)97-62(101)47-23-40(13-15-56(47)114-30-99)71(74(83,84)85,75(86,87)88)39-12-14-41(65(104)105)46(22-39)61(100)98-55-19-32(2)43(25-51(55)72(113,76(89,90)91)77(92,93)94)45-17-34(4)53(27-49(45)69(6,111)29-79)96-64(103)58-36-9-11-38(21-36)60(58)67(108)109/h8-19,22-27,30,35-38,57-60,110-113H,20-21,28-29H2,1-7H3,(H,95,102)(H,96,103)(H,97,101)(H,98,100)(H,104,105)(H,106,107)(H,108,109). The molecule has 0 aliphatic heterocycles. The molecule has 0 aromatic heterocycles. The van der Waals surface area contributed by atoms with Crippen LogP contribution in [0.4, 0.5) is 97.4 Å². The second-order valence-corrected chi connectivity index (χ2v) is 29.2. The van der Waals surface area contributed by atoms with Crippen LogP contribution < -0.4 is 26.0 Å². The van der Waals surface area contributed by atoms with Crippen molar-refractivity contribution in [1.29, 1.82) is 0 Å². The molecule has 4 amide bonds. The maximum atomic E-state index is 16.3. The fourth-order valence-corrected chi connectivity index (χ4v) is 15.8. The number of allylic oxidation sites excluding steroid dienone is 4. The Hall–Kier alpha value is -10.8. The summed E-state index contributed by atoms with van der Waals surface area (Å²) in [4.78, 5) is 106. The third-order valence-electron chi connectivity index (χ3n) is 21.7. The van der Waals surface area contributed by atoms with E-state index in [2.05, 4.69) is 10.6 Å². The van der Waals surface area contributed by atoms with E-state index in [0.717, 1.165) is 52.0 Å². The molecule has 4 bridgehead atoms. The number of amides is 4. The van der Waals surface area contributed by atoms with Crippen molar-refractivity contribution in [2.24, 2.45) is 47.3 Å². The predicted molar refractivity (Wildman–Crippen MR) is 369 cm³/mol. The molecule has 114 heavy (non-hydrogen) atoms. The number of aryl methyl sites for hydroxylation is 4. The number of carbonyl (C=O) groups excluding carboxylic acids is 5. The molecule has 610 valence electrons. The Labute approximate surface area is 633 Å². The summed E-state index contributed by atoms with van der Waals surface area (Å²) >= 11 is 0. The summed E-state index contributed by atoms with van der Waals surface area (Å²) in [6, 6.07) is 3.97. The number of hydrogen-bond donors (Lipinski definition) is 11. The van der Waals surface area contributed by atoms with Crippen molar-refractivity contribution < 1.29 is 153 Å². The molecule has 10 rings (SSSR count). The first-order chi connectivity index (χ1) is 52.5. The molecule has 4 aliphatic carbocycles. The fourth-order valence-electron chi connectivity index (χ4n) is 15.8. The number of rotatable bonds is 23. The number of aliphatic carboxylic acids is 2. The summed E-state index contributed by atoms with van der Waals surface area (Å²) in [5, 5.41) is 84.2. The van der Waals surface area contributed by atoms with Crippen molar-refractivity contribution in [2.45, 2.75) is 120 Å². The molecule has 20 nitrogen and oxygen atoms in total. The van der Waals surface area contributed by atoms with E-state index < -0.39 is 263 Å². The van der Waals surface area contributed by atoms with Crippen LogP contribution in [0.1, 0.15) is 120 Å². The Morgan fingerprint density at radius 2 is 0.798 bits per heavy atom. The van der Waals surface area contributed by atoms with E-state index in [1.807, 2.05) is 5.32 Å². The number of carbonyl (C=O) groups is 8. The zero-order valence-corrected chi connectivity index (χ0v) is 60.1. The summed E-state index contributed by atoms with van der Waals surface area (Å²) in [5.74, 6) is -19.7. The van der Waals surface area contributed by atoms with Gasteiger partial charge in [-0.1, -0.05) is 36.4 Å². The van der Waals surface area contributed by atoms with Crippen LogP contribution in [0, 0.1) is 75.0 Å². The number of benzene rings is 6. The van der Waals surface area contributed by atoms with Crippen LogP contribution in [0.3, 0.4) is 0 Å². The number of nitrogens with one attached hydrogen (secondary N) is 4. The number of aromatic carboxylic acids is 1. The zero-order chi connectivity index (χ0) is 85.2. The molecule has 4 aliphatic rings. The number of carboxylic acids is 3. The molecule has 37 heteroatoms. The first-order valence-electron chi connectivity index (χ1n) is 34.1. The first kappa shape index (κ1) is 85.6. The molecule has 2 saturated carbocycles. The molecule has 11 atom stereocenters. The SMILES string of the molecule is Cc1cc(-c2cc(C(C)(O)C(F)(F)F)c(NC(=O)c3cc(C(c4ccc(C(=O)O)c(C(=O)Nc5cc(C)c(-c6cc(C)c(NC(=O)C7C8C=CC(C8)C7C(=O)O)cc6C(C)(O)CF)cc5C(O)(C(F)(F)F)C(F)(F)F)c4)(C(F)(F)F)C(F)(F)F)ccc3OC=O)cc2C)c(C(C)(O)CF)cc1NC(=O)C1C2C=CC(C2)C1C(=O)O. The summed E-state index contributed by atoms with van der Waals surface area (Å²) in [6.45, 7) is 2.21. The zero-order valence-electron chi connectivity index (χ0n) is 60.1. The largest absolute Gasteiger partial charge is 0.481 e. The topological polar surface area (TPSA) is 336 Å². The Morgan fingerprint density at radius 3 is 1.17 bits per heavy atom. The van der Waals surface area contributed by atoms with Gasteiger partial charge in [0.25, 0.3) is 23.9 Å². The minimum Gasteiger partial charge on any atom is -0.481 e. The summed E-state index contributed by atoms with van der Waals surface area (Å²) in [6.07, 6.45) is -26.6. The molecule has 11 unspecified atom stereocenters. The van der Waals surface area contributed by atoms with Gasteiger partial charge in [-0.3, -0.25) is 33.6 Å². The van der Waals surface area contributed by atoms with Gasteiger partial charge >= 0.3 is 48.8 Å². The number of carboxylic acid groups (broad SMARTS) is 3. The number of anilines is 4. The minimum absolute atomic E-state index is 0.0340. The maximum Gasteiger partial charge on any atom is 0.430 e. The van der Waals surface area contributed by atoms with E-state index in [9.17, 15) is 82.9 Å². The van der Waals surface area contributed by atoms with E-state index in [4.69, 9.17) is 4.74 Å². The number of alkyl halides is 17. The molecule has 6 aromatic carbocycles. The van der Waals surface area contributed by atoms with Crippen molar-refractivity contribution in [1.82, 2.24) is 0 Å². The number of aliphatic hydroxyl groups is 4. The van der Waals surface area contributed by atoms with Gasteiger partial charge in [-0.05, 0) is 225 Å². The smallest absolute Gasteiger partial charge is 0.430 e. The molecule has 0 saturated heterocycles. The van der Waals surface area contributed by atoms with E-state index in [1.54, 1.807) is 24.3 Å². The Kier molecular flexibility index (Phi) is 22.2. The number of halogens is 17. The minimum atomic E-state index is -6.96. The van der Waals surface area contributed by atoms with Gasteiger partial charge in [-0.25, -0.2) is 13.6 Å². The van der Waals surface area contributed by atoms with Gasteiger partial charge in [0.15, 0.2) is 5.60 Å². The third-order valence-corrected chi connectivity index (χ3v) is 21.7. The van der Waals surface area contributed by atoms with E-state index in [-0.39, 0.29) is 89.4 Å². The van der Waals surface area contributed by atoms with Gasteiger partial charge in [0, 0.05) is 33.9 Å². The van der Waals surface area contributed by atoms with Crippen molar-refractivity contribution in [3.05, 3.63) is 182 Å². The Morgan fingerprint density at radius 1 is 0.421 bits per heavy atom. The van der Waals surface area contributed by atoms with Crippen LogP contribution in [0.2, 0.25) is 0 Å². The molecular formula is C77H67F17N4O16. The molecule has 6 aromatic rings. The number of ether oxygens (including phenoxy) is 1. The Balaban J connectivity index is 1.08. The summed E-state index contributed by atoms with van der Waals surface area (Å²) in [5.41, 5.74) is -43.5. The molecule has 11 N–H and O–H groups in total. The quantitative estimate of drug-likeness (QED) is 0.0161. The van der Waals surface area contributed by atoms with Crippen LogP contribution in [0.5, 0.6) is 5.75 Å². The van der Waals surface area contributed by atoms with Gasteiger partial charge < -0.3 is 61.7 Å². The molecule has 2 fully saturated rings. The lowest BCUT2D eigenvalue weighted by molar-refractivity contribution is -0.376. The molecule has 0 radical (unpaired) electrons. The van der Waals surface area contributed by atoms with Gasteiger partial charge in [-0.15, -0.1) is 0 Å².